The third-order valence-electron chi connectivity index (χ3n) is 2.15. The van der Waals surface area contributed by atoms with Crippen LogP contribution < -0.4 is 0 Å². The fourth-order valence-corrected chi connectivity index (χ4v) is 1.21. The van der Waals surface area contributed by atoms with Gasteiger partial charge < -0.3 is 4.74 Å². The van der Waals surface area contributed by atoms with Gasteiger partial charge in [0.1, 0.15) is 0 Å². The molecule has 1 heterocycles. The molecule has 74 valence electrons. The maximum Gasteiger partial charge on any atom is 0.0724 e. The average molecular weight is 182 g/mol. The molecule has 13 heavy (non-hydrogen) atoms. The molecular formula is C10H18N2O. The predicted molar refractivity (Wildman–Crippen MR) is 52.9 cm³/mol. The zero-order chi connectivity index (χ0) is 9.84. The summed E-state index contributed by atoms with van der Waals surface area (Å²) in [5.74, 6) is 0.545. The molecule has 1 aromatic rings. The lowest BCUT2D eigenvalue weighted by atomic mass is 10.1. The van der Waals surface area contributed by atoms with E-state index in [0.29, 0.717) is 18.6 Å². The van der Waals surface area contributed by atoms with Gasteiger partial charge in [-0.05, 0) is 18.4 Å². The first-order chi connectivity index (χ1) is 6.15. The second kappa shape index (κ2) is 4.42. The van der Waals surface area contributed by atoms with Crippen molar-refractivity contribution in [2.24, 2.45) is 0 Å². The van der Waals surface area contributed by atoms with Crippen LogP contribution in [0.2, 0.25) is 0 Å². The molecule has 3 heteroatoms. The van der Waals surface area contributed by atoms with Crippen LogP contribution in [-0.4, -0.2) is 23.5 Å². The molecule has 0 amide bonds. The Bertz CT molecular complexity index is 255. The van der Waals surface area contributed by atoms with Crippen LogP contribution in [0, 0.1) is 0 Å². The van der Waals surface area contributed by atoms with E-state index in [4.69, 9.17) is 4.74 Å². The summed E-state index contributed by atoms with van der Waals surface area (Å²) >= 11 is 0. The van der Waals surface area contributed by atoms with Crippen LogP contribution in [0.3, 0.4) is 0 Å². The monoisotopic (exact) mass is 182 g/mol. The van der Waals surface area contributed by atoms with Crippen molar-refractivity contribution in [1.29, 1.82) is 0 Å². The van der Waals surface area contributed by atoms with Crippen LogP contribution in [0.15, 0.2) is 12.4 Å². The smallest absolute Gasteiger partial charge is 0.0724 e. The lowest BCUT2D eigenvalue weighted by Crippen LogP contribution is -2.11. The van der Waals surface area contributed by atoms with Crippen molar-refractivity contribution in [3.8, 4) is 0 Å². The molecular weight excluding hydrogens is 164 g/mol. The van der Waals surface area contributed by atoms with E-state index in [2.05, 4.69) is 32.1 Å². The molecule has 0 fully saturated rings. The highest BCUT2D eigenvalue weighted by Gasteiger charge is 2.07. The third kappa shape index (κ3) is 2.56. The molecule has 0 spiro atoms. The number of methoxy groups -OCH3 is 1. The predicted octanol–water partition coefficient (Wildman–Crippen LogP) is 2.21. The highest BCUT2D eigenvalue weighted by Crippen LogP contribution is 2.14. The molecule has 0 N–H and O–H groups in total. The van der Waals surface area contributed by atoms with E-state index >= 15 is 0 Å². The first-order valence-corrected chi connectivity index (χ1v) is 4.68. The van der Waals surface area contributed by atoms with Gasteiger partial charge in [0.2, 0.25) is 0 Å². The van der Waals surface area contributed by atoms with Crippen LogP contribution in [0.5, 0.6) is 0 Å². The number of nitrogens with zero attached hydrogens (tertiary/aromatic N) is 2. The first kappa shape index (κ1) is 10.3. The number of hydrogen-bond acceptors (Lipinski definition) is 2. The summed E-state index contributed by atoms with van der Waals surface area (Å²) in [6.45, 7) is 7.14. The molecule has 1 atom stereocenters. The van der Waals surface area contributed by atoms with E-state index in [9.17, 15) is 0 Å². The Morgan fingerprint density at radius 1 is 1.46 bits per heavy atom. The molecule has 1 rings (SSSR count). The maximum absolute atomic E-state index is 5.07. The van der Waals surface area contributed by atoms with Gasteiger partial charge in [0.25, 0.3) is 0 Å². The fourth-order valence-electron chi connectivity index (χ4n) is 1.21. The molecule has 0 aliphatic carbocycles. The summed E-state index contributed by atoms with van der Waals surface area (Å²) in [6, 6.07) is 0.317. The molecule has 0 aromatic carbocycles. The van der Waals surface area contributed by atoms with E-state index in [0.717, 1.165) is 0 Å². The van der Waals surface area contributed by atoms with E-state index in [1.807, 2.05) is 10.9 Å². The summed E-state index contributed by atoms with van der Waals surface area (Å²) in [7, 11) is 1.71. The lowest BCUT2D eigenvalue weighted by Gasteiger charge is -2.10. The molecule has 0 radical (unpaired) electrons. The lowest BCUT2D eigenvalue weighted by molar-refractivity contribution is 0.157. The summed E-state index contributed by atoms with van der Waals surface area (Å²) in [4.78, 5) is 0. The molecule has 1 aromatic heterocycles. The number of rotatable bonds is 4. The largest absolute Gasteiger partial charge is 0.382 e. The van der Waals surface area contributed by atoms with Crippen molar-refractivity contribution in [2.75, 3.05) is 13.7 Å². The summed E-state index contributed by atoms with van der Waals surface area (Å²) < 4.78 is 7.02. The Morgan fingerprint density at radius 3 is 2.62 bits per heavy atom. The second-order valence-corrected chi connectivity index (χ2v) is 3.71. The van der Waals surface area contributed by atoms with Crippen molar-refractivity contribution >= 4 is 0 Å². The summed E-state index contributed by atoms with van der Waals surface area (Å²) in [6.07, 6.45) is 4.02. The summed E-state index contributed by atoms with van der Waals surface area (Å²) in [5.41, 5.74) is 1.28. The number of aromatic nitrogens is 2. The van der Waals surface area contributed by atoms with Crippen molar-refractivity contribution in [1.82, 2.24) is 9.78 Å². The molecule has 0 saturated carbocycles. The molecule has 1 unspecified atom stereocenters. The van der Waals surface area contributed by atoms with Gasteiger partial charge >= 0.3 is 0 Å². The van der Waals surface area contributed by atoms with E-state index in [1.165, 1.54) is 5.56 Å². The zero-order valence-corrected chi connectivity index (χ0v) is 8.82. The van der Waals surface area contributed by atoms with Gasteiger partial charge in [-0.25, -0.2) is 0 Å². The van der Waals surface area contributed by atoms with Gasteiger partial charge in [-0.1, -0.05) is 13.8 Å². The minimum absolute atomic E-state index is 0.317. The average Bonchev–Trinajstić information content (AvgIpc) is 2.52. The molecule has 0 aliphatic heterocycles. The standard InChI is InChI=1S/C10H18N2O/c1-8(2)10-5-11-12(6-10)9(3)7-13-4/h5-6,8-9H,7H2,1-4H3. The van der Waals surface area contributed by atoms with Crippen LogP contribution in [0.4, 0.5) is 0 Å². The normalized spacial score (nSPS) is 13.6. The minimum Gasteiger partial charge on any atom is -0.382 e. The number of ether oxygens (including phenoxy) is 1. The zero-order valence-electron chi connectivity index (χ0n) is 8.82. The van der Waals surface area contributed by atoms with Gasteiger partial charge in [0.05, 0.1) is 18.8 Å². The first-order valence-electron chi connectivity index (χ1n) is 4.68. The fraction of sp³-hybridized carbons (Fsp3) is 0.700. The van der Waals surface area contributed by atoms with Gasteiger partial charge in [-0.2, -0.15) is 5.10 Å². The van der Waals surface area contributed by atoms with Gasteiger partial charge in [0, 0.05) is 13.3 Å². The Balaban J connectivity index is 2.67. The minimum atomic E-state index is 0.317. The van der Waals surface area contributed by atoms with Crippen molar-refractivity contribution in [3.63, 3.8) is 0 Å². The van der Waals surface area contributed by atoms with Crippen LogP contribution >= 0.6 is 0 Å². The topological polar surface area (TPSA) is 27.1 Å². The summed E-state index contributed by atoms with van der Waals surface area (Å²) in [5, 5.41) is 4.29. The SMILES string of the molecule is COCC(C)n1cc(C(C)C)cn1. The van der Waals surface area contributed by atoms with Crippen LogP contribution in [0.1, 0.15) is 38.3 Å². The van der Waals surface area contributed by atoms with Gasteiger partial charge in [-0.3, -0.25) is 4.68 Å². The quantitative estimate of drug-likeness (QED) is 0.714. The highest BCUT2D eigenvalue weighted by atomic mass is 16.5. The maximum atomic E-state index is 5.07. The molecule has 0 aliphatic rings. The molecule has 0 bridgehead atoms. The van der Waals surface area contributed by atoms with E-state index in [1.54, 1.807) is 7.11 Å². The molecule has 3 nitrogen and oxygen atoms in total. The van der Waals surface area contributed by atoms with E-state index in [-0.39, 0.29) is 0 Å². The van der Waals surface area contributed by atoms with Crippen molar-refractivity contribution in [2.45, 2.75) is 32.7 Å². The van der Waals surface area contributed by atoms with Crippen LogP contribution in [-0.2, 0) is 4.74 Å². The van der Waals surface area contributed by atoms with Gasteiger partial charge in [-0.15, -0.1) is 0 Å². The highest BCUT2D eigenvalue weighted by molar-refractivity contribution is 5.09. The third-order valence-corrected chi connectivity index (χ3v) is 2.15. The van der Waals surface area contributed by atoms with Gasteiger partial charge in [0.15, 0.2) is 0 Å². The Labute approximate surface area is 79.7 Å². The van der Waals surface area contributed by atoms with Crippen LogP contribution in [0.25, 0.3) is 0 Å². The second-order valence-electron chi connectivity index (χ2n) is 3.71. The Morgan fingerprint density at radius 2 is 2.15 bits per heavy atom. The Hall–Kier alpha value is -0.830. The van der Waals surface area contributed by atoms with Crippen molar-refractivity contribution in [3.05, 3.63) is 18.0 Å². The Kier molecular flexibility index (Phi) is 3.48. The van der Waals surface area contributed by atoms with E-state index < -0.39 is 0 Å². The number of hydrogen-bond donors (Lipinski definition) is 0. The van der Waals surface area contributed by atoms with Crippen molar-refractivity contribution < 1.29 is 4.74 Å². The molecule has 0 saturated heterocycles.